The normalized spacial score (nSPS) is 11.1. The summed E-state index contributed by atoms with van der Waals surface area (Å²) in [5.74, 6) is 0.00115. The molecule has 0 fully saturated rings. The van der Waals surface area contributed by atoms with Crippen LogP contribution in [0.15, 0.2) is 24.3 Å². The highest BCUT2D eigenvalue weighted by atomic mass is 16.1. The van der Waals surface area contributed by atoms with Gasteiger partial charge in [0.1, 0.15) is 0 Å². The van der Waals surface area contributed by atoms with E-state index in [1.165, 1.54) is 5.56 Å². The predicted molar refractivity (Wildman–Crippen MR) is 84.0 cm³/mol. The number of nitrogens with one attached hydrogen (secondary N) is 1. The summed E-state index contributed by atoms with van der Waals surface area (Å²) in [6.45, 7) is 8.88. The largest absolute Gasteiger partial charge is 0.351 e. The van der Waals surface area contributed by atoms with Gasteiger partial charge in [0.25, 0.3) is 5.91 Å². The van der Waals surface area contributed by atoms with Gasteiger partial charge in [-0.3, -0.25) is 9.69 Å². The Morgan fingerprint density at radius 2 is 1.70 bits per heavy atom. The van der Waals surface area contributed by atoms with Crippen molar-refractivity contribution in [1.82, 2.24) is 15.1 Å². The van der Waals surface area contributed by atoms with Gasteiger partial charge in [-0.05, 0) is 44.9 Å². The van der Waals surface area contributed by atoms with E-state index in [0.29, 0.717) is 6.54 Å². The van der Waals surface area contributed by atoms with Crippen LogP contribution in [0, 0.1) is 0 Å². The molecule has 1 N–H and O–H groups in total. The second-order valence-corrected chi connectivity index (χ2v) is 5.22. The molecule has 0 saturated carbocycles. The van der Waals surface area contributed by atoms with E-state index in [0.717, 1.165) is 31.7 Å². The van der Waals surface area contributed by atoms with Crippen molar-refractivity contribution in [2.75, 3.05) is 40.3 Å². The van der Waals surface area contributed by atoms with Crippen LogP contribution < -0.4 is 5.32 Å². The number of hydrogen-bond donors (Lipinski definition) is 1. The van der Waals surface area contributed by atoms with Gasteiger partial charge in [-0.15, -0.1) is 0 Å². The third kappa shape index (κ3) is 5.72. The first-order chi connectivity index (χ1) is 9.56. The summed E-state index contributed by atoms with van der Waals surface area (Å²) in [6, 6.07) is 7.89. The van der Waals surface area contributed by atoms with Crippen LogP contribution in [-0.4, -0.2) is 56.0 Å². The van der Waals surface area contributed by atoms with Crippen LogP contribution in [0.4, 0.5) is 0 Å². The SMILES string of the molecule is CCN(CC)Cc1ccc(C(=O)NCCN(C)C)cc1. The molecule has 0 radical (unpaired) electrons. The zero-order valence-corrected chi connectivity index (χ0v) is 13.1. The Hall–Kier alpha value is -1.39. The lowest BCUT2D eigenvalue weighted by molar-refractivity contribution is 0.0951. The molecule has 20 heavy (non-hydrogen) atoms. The first kappa shape index (κ1) is 16.7. The van der Waals surface area contributed by atoms with Gasteiger partial charge in [-0.1, -0.05) is 26.0 Å². The molecule has 0 aliphatic carbocycles. The molecule has 1 aromatic rings. The van der Waals surface area contributed by atoms with Crippen LogP contribution in [-0.2, 0) is 6.54 Å². The number of nitrogens with zero attached hydrogens (tertiary/aromatic N) is 2. The minimum Gasteiger partial charge on any atom is -0.351 e. The van der Waals surface area contributed by atoms with Crippen LogP contribution in [0.25, 0.3) is 0 Å². The first-order valence-corrected chi connectivity index (χ1v) is 7.31. The molecule has 0 saturated heterocycles. The average molecular weight is 277 g/mol. The zero-order valence-electron chi connectivity index (χ0n) is 13.1. The fourth-order valence-corrected chi connectivity index (χ4v) is 1.96. The molecule has 1 aromatic carbocycles. The second-order valence-electron chi connectivity index (χ2n) is 5.22. The molecule has 0 heterocycles. The number of carbonyl (C=O) groups is 1. The molecule has 0 aromatic heterocycles. The van der Waals surface area contributed by atoms with Crippen molar-refractivity contribution in [3.8, 4) is 0 Å². The molecule has 0 spiro atoms. The lowest BCUT2D eigenvalue weighted by Gasteiger charge is -2.18. The second kappa shape index (κ2) is 8.72. The Bertz CT molecular complexity index is 397. The fraction of sp³-hybridized carbons (Fsp3) is 0.562. The number of benzene rings is 1. The molecule has 1 rings (SSSR count). The highest BCUT2D eigenvalue weighted by Gasteiger charge is 2.06. The highest BCUT2D eigenvalue weighted by molar-refractivity contribution is 5.94. The molecular weight excluding hydrogens is 250 g/mol. The van der Waals surface area contributed by atoms with Gasteiger partial charge in [-0.2, -0.15) is 0 Å². The minimum atomic E-state index is 0.00115. The quantitative estimate of drug-likeness (QED) is 0.787. The third-order valence-electron chi connectivity index (χ3n) is 3.36. The Balaban J connectivity index is 2.51. The van der Waals surface area contributed by atoms with Gasteiger partial charge >= 0.3 is 0 Å². The number of amides is 1. The van der Waals surface area contributed by atoms with E-state index in [2.05, 4.69) is 24.1 Å². The van der Waals surface area contributed by atoms with Crippen LogP contribution >= 0.6 is 0 Å². The lowest BCUT2D eigenvalue weighted by atomic mass is 10.1. The summed E-state index contributed by atoms with van der Waals surface area (Å²) >= 11 is 0. The molecule has 0 atom stereocenters. The molecular formula is C16H27N3O. The molecule has 4 nitrogen and oxygen atoms in total. The number of likely N-dealkylation sites (N-methyl/N-ethyl adjacent to an activating group) is 1. The predicted octanol–water partition coefficient (Wildman–Crippen LogP) is 1.82. The Labute approximate surface area is 122 Å². The molecule has 0 unspecified atom stereocenters. The minimum absolute atomic E-state index is 0.00115. The summed E-state index contributed by atoms with van der Waals surface area (Å²) in [5.41, 5.74) is 1.98. The van der Waals surface area contributed by atoms with E-state index in [9.17, 15) is 4.79 Å². The Morgan fingerprint density at radius 1 is 1.10 bits per heavy atom. The topological polar surface area (TPSA) is 35.6 Å². The summed E-state index contributed by atoms with van der Waals surface area (Å²) in [4.78, 5) is 16.3. The van der Waals surface area contributed by atoms with Crippen molar-refractivity contribution in [3.63, 3.8) is 0 Å². The van der Waals surface area contributed by atoms with Gasteiger partial charge in [0.15, 0.2) is 0 Å². The van der Waals surface area contributed by atoms with Gasteiger partial charge in [-0.25, -0.2) is 0 Å². The standard InChI is InChI=1S/C16H27N3O/c1-5-19(6-2)13-14-7-9-15(10-8-14)16(20)17-11-12-18(3)4/h7-10H,5-6,11-13H2,1-4H3,(H,17,20). The first-order valence-electron chi connectivity index (χ1n) is 7.31. The van der Waals surface area contributed by atoms with Crippen LogP contribution in [0.1, 0.15) is 29.8 Å². The van der Waals surface area contributed by atoms with Crippen LogP contribution in [0.5, 0.6) is 0 Å². The van der Waals surface area contributed by atoms with Crippen molar-refractivity contribution in [2.24, 2.45) is 0 Å². The van der Waals surface area contributed by atoms with Gasteiger partial charge in [0.2, 0.25) is 0 Å². The zero-order chi connectivity index (χ0) is 15.0. The van der Waals surface area contributed by atoms with Crippen molar-refractivity contribution in [2.45, 2.75) is 20.4 Å². The Kier molecular flexibility index (Phi) is 7.26. The molecule has 0 aliphatic heterocycles. The van der Waals surface area contributed by atoms with E-state index in [4.69, 9.17) is 0 Å². The number of hydrogen-bond acceptors (Lipinski definition) is 3. The fourth-order valence-electron chi connectivity index (χ4n) is 1.96. The van der Waals surface area contributed by atoms with Gasteiger partial charge in [0, 0.05) is 25.2 Å². The monoisotopic (exact) mass is 277 g/mol. The third-order valence-corrected chi connectivity index (χ3v) is 3.36. The number of rotatable bonds is 8. The lowest BCUT2D eigenvalue weighted by Crippen LogP contribution is -2.31. The summed E-state index contributed by atoms with van der Waals surface area (Å²) < 4.78 is 0. The smallest absolute Gasteiger partial charge is 0.251 e. The highest BCUT2D eigenvalue weighted by Crippen LogP contribution is 2.07. The van der Waals surface area contributed by atoms with Crippen LogP contribution in [0.3, 0.4) is 0 Å². The van der Waals surface area contributed by atoms with Crippen LogP contribution in [0.2, 0.25) is 0 Å². The summed E-state index contributed by atoms with van der Waals surface area (Å²) in [6.07, 6.45) is 0. The number of carbonyl (C=O) groups excluding carboxylic acids is 1. The van der Waals surface area contributed by atoms with Gasteiger partial charge < -0.3 is 10.2 Å². The van der Waals surface area contributed by atoms with E-state index in [1.807, 2.05) is 43.3 Å². The maximum absolute atomic E-state index is 11.9. The van der Waals surface area contributed by atoms with Gasteiger partial charge in [0.05, 0.1) is 0 Å². The summed E-state index contributed by atoms with van der Waals surface area (Å²) in [5, 5.41) is 2.92. The maximum Gasteiger partial charge on any atom is 0.251 e. The molecule has 1 amide bonds. The van der Waals surface area contributed by atoms with E-state index in [1.54, 1.807) is 0 Å². The average Bonchev–Trinajstić information content (AvgIpc) is 2.44. The van der Waals surface area contributed by atoms with E-state index >= 15 is 0 Å². The van der Waals surface area contributed by atoms with E-state index in [-0.39, 0.29) is 5.91 Å². The molecule has 4 heteroatoms. The molecule has 0 aliphatic rings. The van der Waals surface area contributed by atoms with Crippen molar-refractivity contribution >= 4 is 5.91 Å². The summed E-state index contributed by atoms with van der Waals surface area (Å²) in [7, 11) is 3.99. The van der Waals surface area contributed by atoms with Crippen molar-refractivity contribution in [1.29, 1.82) is 0 Å². The molecule has 112 valence electrons. The van der Waals surface area contributed by atoms with E-state index < -0.39 is 0 Å². The van der Waals surface area contributed by atoms with Crippen molar-refractivity contribution < 1.29 is 4.79 Å². The van der Waals surface area contributed by atoms with Crippen molar-refractivity contribution in [3.05, 3.63) is 35.4 Å². The maximum atomic E-state index is 11.9. The Morgan fingerprint density at radius 3 is 2.20 bits per heavy atom. The molecule has 0 bridgehead atoms.